The van der Waals surface area contributed by atoms with Crippen molar-refractivity contribution in [2.45, 2.75) is 46.1 Å². The van der Waals surface area contributed by atoms with Gasteiger partial charge in [-0.3, -0.25) is 0 Å². The van der Waals surface area contributed by atoms with Gasteiger partial charge in [-0.15, -0.1) is 0 Å². The summed E-state index contributed by atoms with van der Waals surface area (Å²) >= 11 is 6.18. The van der Waals surface area contributed by atoms with Crippen LogP contribution in [0.1, 0.15) is 38.8 Å². The molecule has 2 nitrogen and oxygen atoms in total. The van der Waals surface area contributed by atoms with E-state index < -0.39 is 0 Å². The fraction of sp³-hybridized carbons (Fsp3) is 0.667. The summed E-state index contributed by atoms with van der Waals surface area (Å²) in [4.78, 5) is 0. The zero-order valence-electron chi connectivity index (χ0n) is 12.6. The number of halogens is 1. The second-order valence-corrected chi connectivity index (χ2v) is 6.81. The Balaban J connectivity index is 0.00000161. The largest absolute Gasteiger partial charge is 0.378 e. The van der Waals surface area contributed by atoms with E-state index in [9.17, 15) is 0 Å². The van der Waals surface area contributed by atoms with E-state index in [0.717, 1.165) is 43.0 Å². The minimum Gasteiger partial charge on any atom is -0.378 e. The van der Waals surface area contributed by atoms with Crippen molar-refractivity contribution in [3.8, 4) is 0 Å². The zero-order valence-corrected chi connectivity index (χ0v) is 13.3. The molecule has 21 heavy (non-hydrogen) atoms. The van der Waals surface area contributed by atoms with E-state index in [0.29, 0.717) is 6.10 Å². The molecule has 1 heterocycles. The second kappa shape index (κ2) is 6.28. The van der Waals surface area contributed by atoms with Crippen LogP contribution in [0.3, 0.4) is 0 Å². The van der Waals surface area contributed by atoms with Gasteiger partial charge >= 0.3 is 0 Å². The first-order valence-electron chi connectivity index (χ1n) is 7.68. The summed E-state index contributed by atoms with van der Waals surface area (Å²) in [6.07, 6.45) is 1.41. The summed E-state index contributed by atoms with van der Waals surface area (Å²) in [5.74, 6) is 1.46. The van der Waals surface area contributed by atoms with Gasteiger partial charge < -0.3 is 10.1 Å². The Morgan fingerprint density at radius 2 is 2.05 bits per heavy atom. The molecule has 1 aromatic carbocycles. The third kappa shape index (κ3) is 2.74. The van der Waals surface area contributed by atoms with Crippen molar-refractivity contribution in [1.29, 1.82) is 0 Å². The number of rotatable bonds is 5. The first-order chi connectivity index (χ1) is 9.59. The SMILES string of the molecule is C.CCC(C)OCC1(c2ccc(Cl)c(C)c2)C2CNCC21. The highest BCUT2D eigenvalue weighted by Gasteiger charge is 2.67. The summed E-state index contributed by atoms with van der Waals surface area (Å²) < 4.78 is 6.12. The van der Waals surface area contributed by atoms with E-state index in [2.05, 4.69) is 38.2 Å². The molecule has 1 aliphatic heterocycles. The van der Waals surface area contributed by atoms with Crippen LogP contribution in [-0.4, -0.2) is 25.8 Å². The van der Waals surface area contributed by atoms with Gasteiger partial charge in [-0.05, 0) is 62.4 Å². The number of ether oxygens (including phenoxy) is 1. The lowest BCUT2D eigenvalue weighted by molar-refractivity contribution is 0.0411. The van der Waals surface area contributed by atoms with Crippen molar-refractivity contribution in [3.63, 3.8) is 0 Å². The van der Waals surface area contributed by atoms with Crippen molar-refractivity contribution in [3.05, 3.63) is 34.3 Å². The number of benzene rings is 1. The van der Waals surface area contributed by atoms with Crippen LogP contribution in [0.15, 0.2) is 18.2 Å². The molecule has 0 aromatic heterocycles. The quantitative estimate of drug-likeness (QED) is 0.880. The summed E-state index contributed by atoms with van der Waals surface area (Å²) in [5.41, 5.74) is 2.81. The van der Waals surface area contributed by atoms with Gasteiger partial charge in [0.1, 0.15) is 0 Å². The molecule has 0 spiro atoms. The molecule has 3 atom stereocenters. The number of hydrogen-bond acceptors (Lipinski definition) is 2. The molecule has 118 valence electrons. The van der Waals surface area contributed by atoms with Crippen LogP contribution in [0.4, 0.5) is 0 Å². The first kappa shape index (κ1) is 16.8. The highest BCUT2D eigenvalue weighted by molar-refractivity contribution is 6.31. The predicted octanol–water partition coefficient (Wildman–Crippen LogP) is 4.19. The number of aryl methyl sites for hydroxylation is 1. The van der Waals surface area contributed by atoms with Gasteiger partial charge in [0.25, 0.3) is 0 Å². The standard InChI is InChI=1S/C17H24ClNO.CH4/c1-4-12(3)20-10-17(14-8-19-9-15(14)17)13-5-6-16(18)11(2)7-13;/h5-7,12,14-15,19H,4,8-10H2,1-3H3;1H4. The molecule has 3 heteroatoms. The third-order valence-corrected chi connectivity index (χ3v) is 5.73. The van der Waals surface area contributed by atoms with Gasteiger partial charge in [-0.25, -0.2) is 0 Å². The van der Waals surface area contributed by atoms with Crippen molar-refractivity contribution in [2.24, 2.45) is 11.8 Å². The maximum Gasteiger partial charge on any atom is 0.0573 e. The molecule has 0 amide bonds. The summed E-state index contributed by atoms with van der Waals surface area (Å²) in [6, 6.07) is 6.51. The molecule has 0 radical (unpaired) electrons. The molecule has 0 bridgehead atoms. The lowest BCUT2D eigenvalue weighted by atomic mass is 9.90. The van der Waals surface area contributed by atoms with Gasteiger partial charge in [-0.2, -0.15) is 0 Å². The van der Waals surface area contributed by atoms with E-state index in [-0.39, 0.29) is 12.8 Å². The molecule has 3 rings (SSSR count). The molecule has 1 N–H and O–H groups in total. The van der Waals surface area contributed by atoms with Crippen LogP contribution in [0, 0.1) is 18.8 Å². The van der Waals surface area contributed by atoms with Crippen LogP contribution in [0.25, 0.3) is 0 Å². The van der Waals surface area contributed by atoms with Gasteiger partial charge in [0.15, 0.2) is 0 Å². The Hall–Kier alpha value is -0.570. The molecular weight excluding hydrogens is 282 g/mol. The average Bonchev–Trinajstić information content (AvgIpc) is 2.82. The van der Waals surface area contributed by atoms with Gasteiger partial charge in [0, 0.05) is 10.4 Å². The van der Waals surface area contributed by atoms with E-state index >= 15 is 0 Å². The smallest absolute Gasteiger partial charge is 0.0573 e. The number of hydrogen-bond donors (Lipinski definition) is 1. The van der Waals surface area contributed by atoms with Crippen LogP contribution in [-0.2, 0) is 10.2 Å². The highest BCUT2D eigenvalue weighted by Crippen LogP contribution is 2.62. The minimum atomic E-state index is 0. The molecule has 2 aliphatic rings. The lowest BCUT2D eigenvalue weighted by Gasteiger charge is -2.24. The van der Waals surface area contributed by atoms with Gasteiger partial charge in [0.2, 0.25) is 0 Å². The molecule has 1 saturated carbocycles. The minimum absolute atomic E-state index is 0. The van der Waals surface area contributed by atoms with E-state index in [1.54, 1.807) is 0 Å². The number of nitrogens with one attached hydrogen (secondary N) is 1. The monoisotopic (exact) mass is 309 g/mol. The fourth-order valence-electron chi connectivity index (χ4n) is 3.71. The Labute approximate surface area is 134 Å². The van der Waals surface area contributed by atoms with E-state index in [1.165, 1.54) is 11.1 Å². The average molecular weight is 310 g/mol. The molecule has 3 unspecified atom stereocenters. The molecule has 1 saturated heterocycles. The number of piperidine rings is 1. The van der Waals surface area contributed by atoms with Crippen LogP contribution >= 0.6 is 11.6 Å². The van der Waals surface area contributed by atoms with Crippen molar-refractivity contribution < 1.29 is 4.74 Å². The second-order valence-electron chi connectivity index (χ2n) is 6.41. The lowest BCUT2D eigenvalue weighted by Crippen LogP contribution is -2.31. The zero-order chi connectivity index (χ0) is 14.3. The Bertz CT molecular complexity index is 492. The summed E-state index contributed by atoms with van der Waals surface area (Å²) in [7, 11) is 0. The molecule has 2 fully saturated rings. The number of fused-ring (bicyclic) bond motifs is 1. The first-order valence-corrected chi connectivity index (χ1v) is 8.06. The van der Waals surface area contributed by atoms with E-state index in [1.807, 2.05) is 6.07 Å². The molecular formula is C18H28ClNO. The summed E-state index contributed by atoms with van der Waals surface area (Å²) in [6.45, 7) is 9.52. The van der Waals surface area contributed by atoms with Crippen molar-refractivity contribution >= 4 is 11.6 Å². The molecule has 1 aromatic rings. The Kier molecular flexibility index (Phi) is 5.02. The highest BCUT2D eigenvalue weighted by atomic mass is 35.5. The van der Waals surface area contributed by atoms with Crippen molar-refractivity contribution in [2.75, 3.05) is 19.7 Å². The van der Waals surface area contributed by atoms with E-state index in [4.69, 9.17) is 16.3 Å². The Morgan fingerprint density at radius 3 is 2.62 bits per heavy atom. The fourth-order valence-corrected chi connectivity index (χ4v) is 3.82. The topological polar surface area (TPSA) is 21.3 Å². The van der Waals surface area contributed by atoms with Gasteiger partial charge in [0.05, 0.1) is 12.7 Å². The predicted molar refractivity (Wildman–Crippen MR) is 90.2 cm³/mol. The third-order valence-electron chi connectivity index (χ3n) is 5.31. The summed E-state index contributed by atoms with van der Waals surface area (Å²) in [5, 5.41) is 4.35. The van der Waals surface area contributed by atoms with Crippen LogP contribution in [0.5, 0.6) is 0 Å². The van der Waals surface area contributed by atoms with Crippen LogP contribution in [0.2, 0.25) is 5.02 Å². The maximum absolute atomic E-state index is 6.18. The van der Waals surface area contributed by atoms with Gasteiger partial charge in [-0.1, -0.05) is 38.1 Å². The normalized spacial score (nSPS) is 31.4. The van der Waals surface area contributed by atoms with Crippen LogP contribution < -0.4 is 5.32 Å². The van der Waals surface area contributed by atoms with Crippen molar-refractivity contribution in [1.82, 2.24) is 5.32 Å². The maximum atomic E-state index is 6.18. The Morgan fingerprint density at radius 1 is 1.38 bits per heavy atom. The molecule has 1 aliphatic carbocycles.